The highest BCUT2D eigenvalue weighted by molar-refractivity contribution is 7.21. The molecule has 194 valence electrons. The highest BCUT2D eigenvalue weighted by Crippen LogP contribution is 2.49. The van der Waals surface area contributed by atoms with Crippen LogP contribution in [0.4, 0.5) is 5.69 Å². The summed E-state index contributed by atoms with van der Waals surface area (Å²) < 4.78 is 0.739. The van der Waals surface area contributed by atoms with Gasteiger partial charge in [0.1, 0.15) is 5.54 Å². The SMILES string of the molecule is Nc1ccc2c3c(c(C(=O)NC4CCCNC4)sc13)C(N)C(=O)C2(N)c1cccc(Cc2ccccc2)c1. The average Bonchev–Trinajstić information content (AvgIpc) is 3.35. The van der Waals surface area contributed by atoms with Gasteiger partial charge in [-0.2, -0.15) is 0 Å². The number of thiophene rings is 1. The smallest absolute Gasteiger partial charge is 0.262 e. The second-order valence-electron chi connectivity index (χ2n) is 10.3. The van der Waals surface area contributed by atoms with E-state index >= 15 is 0 Å². The van der Waals surface area contributed by atoms with Crippen LogP contribution in [0.3, 0.4) is 0 Å². The van der Waals surface area contributed by atoms with Gasteiger partial charge >= 0.3 is 0 Å². The van der Waals surface area contributed by atoms with Gasteiger partial charge in [-0.25, -0.2) is 0 Å². The van der Waals surface area contributed by atoms with Gasteiger partial charge in [0, 0.05) is 29.2 Å². The number of piperidine rings is 1. The van der Waals surface area contributed by atoms with E-state index in [0.29, 0.717) is 33.7 Å². The average molecular weight is 526 g/mol. The molecule has 0 saturated carbocycles. The number of nitrogens with one attached hydrogen (secondary N) is 2. The lowest BCUT2D eigenvalue weighted by molar-refractivity contribution is -0.124. The standard InChI is InChI=1S/C30H31N5O2S/c31-22-12-11-21-23-24(27(38-26(22)23)29(37)35-20-10-5-13-34-16-20)25(32)28(36)30(21,33)19-9-4-8-18(15-19)14-17-6-2-1-3-7-17/h1-4,6-9,11-12,15,20,25,34H,5,10,13-14,16,31-33H2,(H,35,37). The van der Waals surface area contributed by atoms with Crippen molar-refractivity contribution in [1.82, 2.24) is 10.6 Å². The number of anilines is 1. The van der Waals surface area contributed by atoms with E-state index in [1.165, 1.54) is 16.9 Å². The summed E-state index contributed by atoms with van der Waals surface area (Å²) in [5, 5.41) is 7.16. The molecule has 0 spiro atoms. The summed E-state index contributed by atoms with van der Waals surface area (Å²) >= 11 is 1.29. The van der Waals surface area contributed by atoms with Crippen LogP contribution in [0.15, 0.2) is 66.7 Å². The first-order valence-corrected chi connectivity index (χ1v) is 13.8. The number of carbonyl (C=O) groups excluding carboxylic acids is 2. The largest absolute Gasteiger partial charge is 0.398 e. The molecule has 1 aliphatic heterocycles. The molecule has 38 heavy (non-hydrogen) atoms. The summed E-state index contributed by atoms with van der Waals surface area (Å²) in [5.41, 5.74) is 23.2. The third-order valence-corrected chi connectivity index (χ3v) is 9.04. The van der Waals surface area contributed by atoms with Crippen molar-refractivity contribution in [2.24, 2.45) is 11.5 Å². The van der Waals surface area contributed by atoms with E-state index in [1.807, 2.05) is 48.5 Å². The van der Waals surface area contributed by atoms with Crippen molar-refractivity contribution in [3.05, 3.63) is 99.4 Å². The second kappa shape index (κ2) is 9.63. The van der Waals surface area contributed by atoms with E-state index in [2.05, 4.69) is 22.8 Å². The molecular formula is C30H31N5O2S. The third-order valence-electron chi connectivity index (χ3n) is 7.78. The molecule has 2 aliphatic rings. The van der Waals surface area contributed by atoms with Crippen molar-refractivity contribution < 1.29 is 9.59 Å². The maximum atomic E-state index is 14.0. The molecule has 3 atom stereocenters. The Hall–Kier alpha value is -3.56. The van der Waals surface area contributed by atoms with Crippen LogP contribution in [0.1, 0.15) is 56.4 Å². The van der Waals surface area contributed by atoms with Crippen LogP contribution >= 0.6 is 11.3 Å². The highest BCUT2D eigenvalue weighted by atomic mass is 32.1. The Morgan fingerprint density at radius 1 is 1.08 bits per heavy atom. The first-order valence-electron chi connectivity index (χ1n) is 13.0. The van der Waals surface area contributed by atoms with Crippen LogP contribution in [-0.4, -0.2) is 30.8 Å². The van der Waals surface area contributed by atoms with Crippen LogP contribution in [0.25, 0.3) is 10.1 Å². The normalized spacial score (nSPS) is 22.9. The number of nitrogens with two attached hydrogens (primary N) is 3. The molecule has 6 rings (SSSR count). The molecule has 4 aromatic rings. The number of carbonyl (C=O) groups is 2. The van der Waals surface area contributed by atoms with Gasteiger partial charge in [0.2, 0.25) is 0 Å². The molecular weight excluding hydrogens is 494 g/mol. The molecule has 1 aliphatic carbocycles. The van der Waals surface area contributed by atoms with E-state index in [1.54, 1.807) is 6.07 Å². The second-order valence-corrected chi connectivity index (χ2v) is 11.3. The van der Waals surface area contributed by atoms with Gasteiger partial charge in [0.15, 0.2) is 5.78 Å². The minimum atomic E-state index is -1.47. The molecule has 8 heteroatoms. The zero-order chi connectivity index (χ0) is 26.4. The van der Waals surface area contributed by atoms with Gasteiger partial charge in [0.25, 0.3) is 5.91 Å². The molecule has 0 bridgehead atoms. The summed E-state index contributed by atoms with van der Waals surface area (Å²) in [6.45, 7) is 1.67. The van der Waals surface area contributed by atoms with E-state index in [9.17, 15) is 9.59 Å². The Morgan fingerprint density at radius 3 is 2.63 bits per heavy atom. The van der Waals surface area contributed by atoms with Crippen LogP contribution in [0, 0.1) is 0 Å². The molecule has 8 N–H and O–H groups in total. The summed E-state index contributed by atoms with van der Waals surface area (Å²) in [6.07, 6.45) is 2.62. The molecule has 3 unspecified atom stereocenters. The lowest BCUT2D eigenvalue weighted by Gasteiger charge is -2.37. The minimum Gasteiger partial charge on any atom is -0.398 e. The molecule has 1 fully saturated rings. The number of ketones is 1. The summed E-state index contributed by atoms with van der Waals surface area (Å²) in [7, 11) is 0. The van der Waals surface area contributed by atoms with Gasteiger partial charge in [-0.1, -0.05) is 60.7 Å². The fourth-order valence-electron chi connectivity index (χ4n) is 5.83. The maximum Gasteiger partial charge on any atom is 0.262 e. The number of hydrogen-bond acceptors (Lipinski definition) is 7. The zero-order valence-electron chi connectivity index (χ0n) is 21.0. The third kappa shape index (κ3) is 4.01. The predicted octanol–water partition coefficient (Wildman–Crippen LogP) is 3.34. The van der Waals surface area contributed by atoms with Crippen molar-refractivity contribution >= 4 is 38.8 Å². The van der Waals surface area contributed by atoms with Crippen LogP contribution < -0.4 is 27.8 Å². The van der Waals surface area contributed by atoms with E-state index < -0.39 is 11.6 Å². The molecule has 3 aromatic carbocycles. The maximum absolute atomic E-state index is 14.0. The molecule has 2 heterocycles. The van der Waals surface area contributed by atoms with Gasteiger partial charge < -0.3 is 27.8 Å². The van der Waals surface area contributed by atoms with E-state index in [0.717, 1.165) is 41.6 Å². The predicted molar refractivity (Wildman–Crippen MR) is 152 cm³/mol. The molecule has 1 saturated heterocycles. The Kier molecular flexibility index (Phi) is 6.28. The molecule has 1 aromatic heterocycles. The van der Waals surface area contributed by atoms with E-state index in [4.69, 9.17) is 17.2 Å². The van der Waals surface area contributed by atoms with Crippen molar-refractivity contribution in [1.29, 1.82) is 0 Å². The fourth-order valence-corrected chi connectivity index (χ4v) is 7.03. The monoisotopic (exact) mass is 525 g/mol. The molecule has 0 radical (unpaired) electrons. The zero-order valence-corrected chi connectivity index (χ0v) is 21.8. The number of amides is 1. The molecule has 7 nitrogen and oxygen atoms in total. The van der Waals surface area contributed by atoms with Gasteiger partial charge in [-0.3, -0.25) is 9.59 Å². The topological polar surface area (TPSA) is 136 Å². The van der Waals surface area contributed by atoms with Crippen LogP contribution in [-0.2, 0) is 16.8 Å². The lowest BCUT2D eigenvalue weighted by atomic mass is 9.70. The highest BCUT2D eigenvalue weighted by Gasteiger charge is 2.48. The number of rotatable bonds is 5. The minimum absolute atomic E-state index is 0.0296. The number of nitrogen functional groups attached to an aromatic ring is 1. The number of hydrogen-bond donors (Lipinski definition) is 5. The fraction of sp³-hybridized carbons (Fsp3) is 0.267. The van der Waals surface area contributed by atoms with Gasteiger partial charge in [0.05, 0.1) is 15.6 Å². The van der Waals surface area contributed by atoms with Crippen LogP contribution in [0.5, 0.6) is 0 Å². The van der Waals surface area contributed by atoms with Crippen molar-refractivity contribution in [2.75, 3.05) is 18.8 Å². The molecule has 1 amide bonds. The quantitative estimate of drug-likeness (QED) is 0.254. The Balaban J connectivity index is 1.46. The summed E-state index contributed by atoms with van der Waals surface area (Å²) in [4.78, 5) is 27.9. The van der Waals surface area contributed by atoms with Gasteiger partial charge in [-0.05, 0) is 54.1 Å². The Labute approximate surface area is 225 Å². The van der Waals surface area contributed by atoms with Crippen LogP contribution in [0.2, 0.25) is 0 Å². The van der Waals surface area contributed by atoms with Gasteiger partial charge in [-0.15, -0.1) is 11.3 Å². The van der Waals surface area contributed by atoms with Crippen molar-refractivity contribution in [2.45, 2.75) is 36.9 Å². The van der Waals surface area contributed by atoms with E-state index in [-0.39, 0.29) is 17.7 Å². The number of Topliss-reactive ketones (excluding diaryl/α,β-unsaturated/α-hetero) is 1. The van der Waals surface area contributed by atoms with Crippen molar-refractivity contribution in [3.8, 4) is 0 Å². The first kappa shape index (κ1) is 24.8. The Bertz CT molecular complexity index is 1540. The van der Waals surface area contributed by atoms with Crippen molar-refractivity contribution in [3.63, 3.8) is 0 Å². The first-order chi connectivity index (χ1) is 18.4. The summed E-state index contributed by atoms with van der Waals surface area (Å²) in [6, 6.07) is 20.5. The summed E-state index contributed by atoms with van der Waals surface area (Å²) in [5.74, 6) is -0.558. The number of benzene rings is 3. The lowest BCUT2D eigenvalue weighted by Crippen LogP contribution is -2.52. The Morgan fingerprint density at radius 2 is 1.87 bits per heavy atom.